The number of fused-ring (bicyclic) bond motifs is 3. The summed E-state index contributed by atoms with van der Waals surface area (Å²) in [5.41, 5.74) is 4.68. The smallest absolute Gasteiger partial charge is 0.416 e. The maximum absolute atomic E-state index is 12.0. The summed E-state index contributed by atoms with van der Waals surface area (Å²) in [6.07, 6.45) is 0.610. The lowest BCUT2D eigenvalue weighted by Crippen LogP contribution is -2.44. The molecular weight excluding hydrogens is 432 g/mol. The first kappa shape index (κ1) is 22.2. The molecule has 4 aromatic rings. The van der Waals surface area contributed by atoms with Crippen LogP contribution in [-0.4, -0.2) is 63.5 Å². The highest BCUT2D eigenvalue weighted by Crippen LogP contribution is 2.37. The number of carboxylic acid groups (broad SMARTS) is 1. The predicted octanol–water partition coefficient (Wildman–Crippen LogP) is 4.21. The molecule has 3 N–H and O–H groups in total. The molecule has 1 aliphatic rings. The number of carbonyl (C=O) groups is 1. The van der Waals surface area contributed by atoms with Gasteiger partial charge in [-0.25, -0.2) is 9.78 Å². The van der Waals surface area contributed by atoms with Gasteiger partial charge in [0.2, 0.25) is 11.8 Å². The molecule has 0 aliphatic carbocycles. The summed E-state index contributed by atoms with van der Waals surface area (Å²) in [5.74, 6) is 1.19. The molecule has 0 amide bonds. The van der Waals surface area contributed by atoms with E-state index in [1.165, 1.54) is 4.57 Å². The van der Waals surface area contributed by atoms with Crippen molar-refractivity contribution in [1.82, 2.24) is 24.8 Å². The van der Waals surface area contributed by atoms with Crippen LogP contribution in [0.5, 0.6) is 5.88 Å². The molecule has 5 rings (SSSR count). The molecule has 9 nitrogen and oxygen atoms in total. The molecule has 178 valence electrons. The van der Waals surface area contributed by atoms with E-state index in [2.05, 4.69) is 36.0 Å². The SMILES string of the molecule is CCOc1nc(N2CCNCC2)nc2c1[nH]c1cc(-c3c(C(C)(C)C)ccn3C(=O)O)ccc12. The van der Waals surface area contributed by atoms with E-state index in [0.29, 0.717) is 24.1 Å². The van der Waals surface area contributed by atoms with E-state index in [1.807, 2.05) is 31.2 Å². The molecule has 1 fully saturated rings. The van der Waals surface area contributed by atoms with Crippen molar-refractivity contribution in [2.24, 2.45) is 0 Å². The second-order valence-electron chi connectivity index (χ2n) is 9.59. The zero-order valence-electron chi connectivity index (χ0n) is 20.0. The average molecular weight is 463 g/mol. The Morgan fingerprint density at radius 2 is 1.94 bits per heavy atom. The summed E-state index contributed by atoms with van der Waals surface area (Å²) in [4.78, 5) is 27.2. The van der Waals surface area contributed by atoms with Crippen LogP contribution in [0.1, 0.15) is 33.3 Å². The Morgan fingerprint density at radius 1 is 1.18 bits per heavy atom. The Labute approximate surface area is 197 Å². The summed E-state index contributed by atoms with van der Waals surface area (Å²) in [7, 11) is 0. The lowest BCUT2D eigenvalue weighted by molar-refractivity contribution is 0.196. The summed E-state index contributed by atoms with van der Waals surface area (Å²) in [6.45, 7) is 12.1. The van der Waals surface area contributed by atoms with E-state index in [-0.39, 0.29) is 5.41 Å². The van der Waals surface area contributed by atoms with Gasteiger partial charge in [-0.3, -0.25) is 4.57 Å². The number of aromatic nitrogens is 4. The zero-order valence-corrected chi connectivity index (χ0v) is 20.0. The van der Waals surface area contributed by atoms with E-state index < -0.39 is 6.09 Å². The average Bonchev–Trinajstić information content (AvgIpc) is 3.42. The largest absolute Gasteiger partial charge is 0.476 e. The molecule has 9 heteroatoms. The van der Waals surface area contributed by atoms with Crippen LogP contribution in [0.3, 0.4) is 0 Å². The van der Waals surface area contributed by atoms with Crippen LogP contribution in [0.2, 0.25) is 0 Å². The second kappa shape index (κ2) is 8.32. The number of aromatic amines is 1. The van der Waals surface area contributed by atoms with Crippen LogP contribution in [0.4, 0.5) is 10.7 Å². The minimum absolute atomic E-state index is 0.211. The van der Waals surface area contributed by atoms with Crippen molar-refractivity contribution in [2.45, 2.75) is 33.1 Å². The van der Waals surface area contributed by atoms with Crippen molar-refractivity contribution in [3.63, 3.8) is 0 Å². The van der Waals surface area contributed by atoms with Crippen molar-refractivity contribution >= 4 is 34.0 Å². The number of anilines is 1. The second-order valence-corrected chi connectivity index (χ2v) is 9.59. The third kappa shape index (κ3) is 3.75. The summed E-state index contributed by atoms with van der Waals surface area (Å²) >= 11 is 0. The Balaban J connectivity index is 1.70. The fraction of sp³-hybridized carbons (Fsp3) is 0.400. The Kier molecular flexibility index (Phi) is 5.44. The van der Waals surface area contributed by atoms with Gasteiger partial charge in [0, 0.05) is 48.8 Å². The molecule has 4 heterocycles. The first-order chi connectivity index (χ1) is 16.3. The predicted molar refractivity (Wildman–Crippen MR) is 133 cm³/mol. The van der Waals surface area contributed by atoms with Crippen LogP contribution in [0, 0.1) is 0 Å². The normalized spacial score (nSPS) is 14.8. The molecule has 0 spiro atoms. The number of hydrogen-bond donors (Lipinski definition) is 3. The van der Waals surface area contributed by atoms with Crippen LogP contribution in [0.15, 0.2) is 30.5 Å². The molecule has 0 saturated carbocycles. The van der Waals surface area contributed by atoms with Crippen LogP contribution in [0.25, 0.3) is 33.2 Å². The third-order valence-electron chi connectivity index (χ3n) is 6.25. The van der Waals surface area contributed by atoms with Gasteiger partial charge in [0.15, 0.2) is 0 Å². The van der Waals surface area contributed by atoms with E-state index >= 15 is 0 Å². The van der Waals surface area contributed by atoms with Crippen LogP contribution >= 0.6 is 0 Å². The minimum Gasteiger partial charge on any atom is -0.476 e. The molecule has 0 radical (unpaired) electrons. The summed E-state index contributed by atoms with van der Waals surface area (Å²) in [6, 6.07) is 7.84. The molecule has 3 aromatic heterocycles. The number of benzene rings is 1. The quantitative estimate of drug-likeness (QED) is 0.417. The number of nitrogens with one attached hydrogen (secondary N) is 2. The lowest BCUT2D eigenvalue weighted by atomic mass is 9.85. The van der Waals surface area contributed by atoms with Crippen LogP contribution < -0.4 is 15.0 Å². The number of rotatable bonds is 4. The number of ether oxygens (including phenoxy) is 1. The van der Waals surface area contributed by atoms with E-state index in [9.17, 15) is 9.90 Å². The Morgan fingerprint density at radius 3 is 2.62 bits per heavy atom. The van der Waals surface area contributed by atoms with Gasteiger partial charge >= 0.3 is 6.09 Å². The van der Waals surface area contributed by atoms with Crippen molar-refractivity contribution in [3.05, 3.63) is 36.0 Å². The van der Waals surface area contributed by atoms with E-state index in [0.717, 1.165) is 59.2 Å². The van der Waals surface area contributed by atoms with Gasteiger partial charge in [0.25, 0.3) is 0 Å². The highest BCUT2D eigenvalue weighted by Gasteiger charge is 2.25. The maximum atomic E-state index is 12.0. The first-order valence-corrected chi connectivity index (χ1v) is 11.7. The Hall–Kier alpha value is -3.59. The van der Waals surface area contributed by atoms with Gasteiger partial charge in [-0.1, -0.05) is 26.8 Å². The molecule has 1 aromatic carbocycles. The number of piperazine rings is 1. The molecule has 1 aliphatic heterocycles. The van der Waals surface area contributed by atoms with Crippen molar-refractivity contribution in [3.8, 4) is 17.1 Å². The highest BCUT2D eigenvalue weighted by atomic mass is 16.5. The number of H-pyrrole nitrogens is 1. The Bertz CT molecular complexity index is 1380. The molecular formula is C25H30N6O3. The van der Waals surface area contributed by atoms with Gasteiger partial charge in [-0.05, 0) is 36.1 Å². The maximum Gasteiger partial charge on any atom is 0.416 e. The summed E-state index contributed by atoms with van der Waals surface area (Å²) in [5, 5.41) is 14.1. The standard InChI is InChI=1S/C25H30N6O3/c1-5-34-22-20-19(28-23(29-22)30-12-9-26-10-13-30)16-7-6-15(14-18(16)27-20)21-17(25(2,3)4)8-11-31(21)24(32)33/h6-8,11,14,26-27H,5,9-10,12-13H2,1-4H3,(H,32,33). The lowest BCUT2D eigenvalue weighted by Gasteiger charge is -2.27. The molecule has 0 atom stereocenters. The van der Waals surface area contributed by atoms with E-state index in [4.69, 9.17) is 14.7 Å². The van der Waals surface area contributed by atoms with Crippen LogP contribution in [-0.2, 0) is 5.41 Å². The topological polar surface area (TPSA) is 108 Å². The van der Waals surface area contributed by atoms with Gasteiger partial charge in [0.1, 0.15) is 11.0 Å². The summed E-state index contributed by atoms with van der Waals surface area (Å²) < 4.78 is 7.18. The van der Waals surface area contributed by atoms with Gasteiger partial charge < -0.3 is 25.0 Å². The molecule has 0 bridgehead atoms. The third-order valence-corrected chi connectivity index (χ3v) is 6.25. The fourth-order valence-electron chi connectivity index (χ4n) is 4.61. The molecule has 1 saturated heterocycles. The molecule has 34 heavy (non-hydrogen) atoms. The first-order valence-electron chi connectivity index (χ1n) is 11.7. The van der Waals surface area contributed by atoms with E-state index in [1.54, 1.807) is 6.20 Å². The van der Waals surface area contributed by atoms with Crippen molar-refractivity contribution in [2.75, 3.05) is 37.7 Å². The highest BCUT2D eigenvalue weighted by molar-refractivity contribution is 6.08. The zero-order chi connectivity index (χ0) is 24.0. The van der Waals surface area contributed by atoms with Crippen molar-refractivity contribution < 1.29 is 14.6 Å². The number of hydrogen-bond acceptors (Lipinski definition) is 6. The van der Waals surface area contributed by atoms with Crippen molar-refractivity contribution in [1.29, 1.82) is 0 Å². The van der Waals surface area contributed by atoms with Gasteiger partial charge in [0.05, 0.1) is 12.3 Å². The van der Waals surface area contributed by atoms with Gasteiger partial charge in [-0.15, -0.1) is 0 Å². The molecule has 0 unspecified atom stereocenters. The number of nitrogens with zero attached hydrogens (tertiary/aromatic N) is 4. The minimum atomic E-state index is -1.01. The monoisotopic (exact) mass is 462 g/mol. The van der Waals surface area contributed by atoms with Gasteiger partial charge in [-0.2, -0.15) is 4.98 Å². The fourth-order valence-corrected chi connectivity index (χ4v) is 4.61.